The number of unbranched alkanes of at least 4 members (excludes halogenated alkanes) is 1. The summed E-state index contributed by atoms with van der Waals surface area (Å²) in [6.45, 7) is 20.8. The summed E-state index contributed by atoms with van der Waals surface area (Å²) in [6, 6.07) is 0.954. The molecule has 6 unspecified atom stereocenters. The topological polar surface area (TPSA) is 42.6 Å². The first-order valence-electron chi connectivity index (χ1n) is 15.7. The molecule has 37 heavy (non-hydrogen) atoms. The molecule has 3 N–H and O–H groups in total. The lowest BCUT2D eigenvalue weighted by Gasteiger charge is -2.42. The highest BCUT2D eigenvalue weighted by molar-refractivity contribution is 5.25. The Balaban J connectivity index is 2.66. The van der Waals surface area contributed by atoms with E-state index in [9.17, 15) is 0 Å². The van der Waals surface area contributed by atoms with E-state index in [0.29, 0.717) is 12.1 Å². The summed E-state index contributed by atoms with van der Waals surface area (Å²) in [5.74, 6) is 3.16. The van der Waals surface area contributed by atoms with Crippen LogP contribution >= 0.6 is 0 Å². The van der Waals surface area contributed by atoms with Crippen LogP contribution in [0.4, 0.5) is 0 Å². The van der Waals surface area contributed by atoms with Gasteiger partial charge in [-0.25, -0.2) is 0 Å². The number of rotatable bonds is 23. The van der Waals surface area contributed by atoms with Gasteiger partial charge in [0.1, 0.15) is 0 Å². The molecule has 0 aromatic heterocycles. The third kappa shape index (κ3) is 13.4. The first kappa shape index (κ1) is 34.6. The van der Waals surface area contributed by atoms with E-state index in [0.717, 1.165) is 56.3 Å². The van der Waals surface area contributed by atoms with Crippen LogP contribution in [0, 0.1) is 23.7 Å². The molecule has 5 nitrogen and oxygen atoms in total. The molecule has 5 heteroatoms. The van der Waals surface area contributed by atoms with E-state index < -0.39 is 0 Å². The van der Waals surface area contributed by atoms with E-state index in [1.807, 2.05) is 0 Å². The third-order valence-corrected chi connectivity index (χ3v) is 9.26. The number of allylic oxidation sites excluding steroid dienone is 2. The van der Waals surface area contributed by atoms with Crippen molar-refractivity contribution in [3.8, 4) is 0 Å². The van der Waals surface area contributed by atoms with Gasteiger partial charge in [-0.15, -0.1) is 0 Å². The summed E-state index contributed by atoms with van der Waals surface area (Å²) in [6.07, 6.45) is 12.7. The quantitative estimate of drug-likeness (QED) is 0.0877. The zero-order valence-electron chi connectivity index (χ0n) is 26.9. The Morgan fingerprint density at radius 3 is 2.11 bits per heavy atom. The molecule has 0 spiro atoms. The lowest BCUT2D eigenvalue weighted by atomic mass is 9.85. The Hall–Kier alpha value is -0.460. The second kappa shape index (κ2) is 18.0. The van der Waals surface area contributed by atoms with E-state index >= 15 is 0 Å². The van der Waals surface area contributed by atoms with Crippen LogP contribution in [0.5, 0.6) is 0 Å². The van der Waals surface area contributed by atoms with Crippen molar-refractivity contribution in [3.63, 3.8) is 0 Å². The van der Waals surface area contributed by atoms with E-state index in [-0.39, 0.29) is 5.66 Å². The Labute approximate surface area is 233 Å². The minimum atomic E-state index is -0.0901. The van der Waals surface area contributed by atoms with Crippen molar-refractivity contribution in [3.05, 3.63) is 11.6 Å². The molecule has 0 heterocycles. The monoisotopic (exact) mass is 522 g/mol. The van der Waals surface area contributed by atoms with Crippen LogP contribution in [0.25, 0.3) is 0 Å². The normalized spacial score (nSPS) is 19.6. The fourth-order valence-corrected chi connectivity index (χ4v) is 5.71. The van der Waals surface area contributed by atoms with Crippen molar-refractivity contribution in [2.75, 3.05) is 54.4 Å². The maximum absolute atomic E-state index is 4.08. The van der Waals surface area contributed by atoms with Gasteiger partial charge in [-0.05, 0) is 104 Å². The summed E-state index contributed by atoms with van der Waals surface area (Å²) >= 11 is 0. The Bertz CT molecular complexity index is 616. The first-order chi connectivity index (χ1) is 17.4. The van der Waals surface area contributed by atoms with Crippen LogP contribution in [0.2, 0.25) is 0 Å². The molecule has 0 saturated carbocycles. The van der Waals surface area contributed by atoms with Crippen molar-refractivity contribution < 1.29 is 0 Å². The number of likely N-dealkylation sites (N-methyl/N-ethyl adjacent to an activating group) is 1. The molecule has 0 radical (unpaired) electrons. The lowest BCUT2D eigenvalue weighted by Crippen LogP contribution is -2.64. The van der Waals surface area contributed by atoms with Crippen LogP contribution in [0.3, 0.4) is 0 Å². The van der Waals surface area contributed by atoms with Gasteiger partial charge in [-0.3, -0.25) is 10.2 Å². The summed E-state index contributed by atoms with van der Waals surface area (Å²) in [4.78, 5) is 4.71. The van der Waals surface area contributed by atoms with Crippen molar-refractivity contribution in [2.24, 2.45) is 23.7 Å². The molecule has 0 aliphatic heterocycles. The summed E-state index contributed by atoms with van der Waals surface area (Å²) in [5, 5.41) is 11.7. The molecule has 1 aliphatic rings. The minimum Gasteiger partial charge on any atom is -0.315 e. The highest BCUT2D eigenvalue weighted by Crippen LogP contribution is 2.34. The highest BCUT2D eigenvalue weighted by atomic mass is 15.3. The maximum Gasteiger partial charge on any atom is 0.0809 e. The van der Waals surface area contributed by atoms with E-state index in [4.69, 9.17) is 0 Å². The van der Waals surface area contributed by atoms with Crippen molar-refractivity contribution in [2.45, 2.75) is 118 Å². The van der Waals surface area contributed by atoms with Crippen LogP contribution in [0.15, 0.2) is 11.6 Å². The van der Waals surface area contributed by atoms with Gasteiger partial charge in [0.05, 0.1) is 5.66 Å². The summed E-state index contributed by atoms with van der Waals surface area (Å²) < 4.78 is 0. The van der Waals surface area contributed by atoms with Crippen LogP contribution < -0.4 is 16.0 Å². The number of nitrogens with zero attached hydrogens (tertiary/aromatic N) is 2. The maximum atomic E-state index is 4.08. The average Bonchev–Trinajstić information content (AvgIpc) is 3.67. The van der Waals surface area contributed by atoms with Gasteiger partial charge in [-0.1, -0.05) is 72.0 Å². The van der Waals surface area contributed by atoms with Crippen LogP contribution in [0.1, 0.15) is 99.8 Å². The van der Waals surface area contributed by atoms with Crippen molar-refractivity contribution >= 4 is 0 Å². The van der Waals surface area contributed by atoms with Gasteiger partial charge in [0.15, 0.2) is 0 Å². The molecule has 220 valence electrons. The molecule has 0 aromatic rings. The Morgan fingerprint density at radius 2 is 1.59 bits per heavy atom. The molecular formula is C32H67N5. The molecule has 0 amide bonds. The van der Waals surface area contributed by atoms with Gasteiger partial charge in [0.2, 0.25) is 0 Å². The second-order valence-corrected chi connectivity index (χ2v) is 13.1. The van der Waals surface area contributed by atoms with Gasteiger partial charge in [0, 0.05) is 25.2 Å². The zero-order chi connectivity index (χ0) is 28.0. The number of hydrogen-bond acceptors (Lipinski definition) is 5. The fraction of sp³-hybridized carbons (Fsp3) is 0.938. The average molecular weight is 522 g/mol. The molecule has 1 rings (SSSR count). The number of hydrogen-bond donors (Lipinski definition) is 3. The minimum absolute atomic E-state index is 0.0901. The smallest absolute Gasteiger partial charge is 0.0809 e. The zero-order valence-corrected chi connectivity index (χ0v) is 26.9. The number of nitrogens with one attached hydrogen (secondary N) is 3. The SMILES string of the molecule is CCCCC(C)C(CC)CCNCC(C)(NC(CNCCC(C1=CC1)C(C)C)CC(C)N(C)C)N(C)C. The van der Waals surface area contributed by atoms with Gasteiger partial charge < -0.3 is 15.5 Å². The second-order valence-electron chi connectivity index (χ2n) is 13.1. The molecule has 0 saturated heterocycles. The Kier molecular flexibility index (Phi) is 16.8. The standard InChI is InChI=1S/C32H67N5/c1-12-14-15-26(5)28(13-2)18-20-34-24-32(7,37(10)11)35-30(22-27(6)36(8)9)23-33-21-19-31(25(3)4)29-16-17-29/h16,25-28,30-31,33-35H,12-15,17-24H2,1-11H3. The predicted octanol–water partition coefficient (Wildman–Crippen LogP) is 5.98. The molecule has 1 aliphatic carbocycles. The highest BCUT2D eigenvalue weighted by Gasteiger charge is 2.30. The van der Waals surface area contributed by atoms with E-state index in [2.05, 4.69) is 108 Å². The lowest BCUT2D eigenvalue weighted by molar-refractivity contribution is 0.0995. The van der Waals surface area contributed by atoms with Crippen molar-refractivity contribution in [1.82, 2.24) is 25.8 Å². The summed E-state index contributed by atoms with van der Waals surface area (Å²) in [7, 11) is 8.83. The van der Waals surface area contributed by atoms with E-state index in [1.165, 1.54) is 44.9 Å². The van der Waals surface area contributed by atoms with Gasteiger partial charge >= 0.3 is 0 Å². The van der Waals surface area contributed by atoms with Crippen LogP contribution in [-0.2, 0) is 0 Å². The van der Waals surface area contributed by atoms with E-state index in [1.54, 1.807) is 5.57 Å². The van der Waals surface area contributed by atoms with Gasteiger partial charge in [-0.2, -0.15) is 0 Å². The first-order valence-corrected chi connectivity index (χ1v) is 15.7. The largest absolute Gasteiger partial charge is 0.315 e. The summed E-state index contributed by atoms with van der Waals surface area (Å²) in [5.41, 5.74) is 1.59. The van der Waals surface area contributed by atoms with Crippen molar-refractivity contribution in [1.29, 1.82) is 0 Å². The van der Waals surface area contributed by atoms with Crippen LogP contribution in [-0.4, -0.2) is 81.9 Å². The fourth-order valence-electron chi connectivity index (χ4n) is 5.71. The molecular weight excluding hydrogens is 454 g/mol. The Morgan fingerprint density at radius 1 is 0.946 bits per heavy atom. The molecule has 0 bridgehead atoms. The predicted molar refractivity (Wildman–Crippen MR) is 165 cm³/mol. The van der Waals surface area contributed by atoms with Gasteiger partial charge in [0.25, 0.3) is 0 Å². The molecule has 0 aromatic carbocycles. The molecule has 6 atom stereocenters. The third-order valence-electron chi connectivity index (χ3n) is 9.26. The molecule has 0 fully saturated rings.